The number of benzene rings is 1. The van der Waals surface area contributed by atoms with Crippen molar-refractivity contribution in [2.75, 3.05) is 16.8 Å². The Labute approximate surface area is 135 Å². The molecule has 2 aromatic rings. The van der Waals surface area contributed by atoms with Crippen molar-refractivity contribution in [2.24, 2.45) is 5.14 Å². The van der Waals surface area contributed by atoms with E-state index in [0.29, 0.717) is 5.69 Å². The van der Waals surface area contributed by atoms with Crippen LogP contribution in [-0.2, 0) is 14.8 Å². The first kappa shape index (κ1) is 17.0. The number of nitrogen functional groups attached to an aromatic ring is 1. The third-order valence-corrected chi connectivity index (χ3v) is 4.35. The number of primary sulfonamides is 1. The average molecular weight is 355 g/mol. The summed E-state index contributed by atoms with van der Waals surface area (Å²) in [5.74, 6) is -0.303. The molecule has 23 heavy (non-hydrogen) atoms. The normalized spacial score (nSPS) is 11.2. The second-order valence-corrected chi connectivity index (χ2v) is 6.91. The molecular weight excluding hydrogens is 342 g/mol. The summed E-state index contributed by atoms with van der Waals surface area (Å²) in [6, 6.07) is 6.55. The standard InChI is InChI=1S/C12H13N5O4S2/c13-9-5-10(18)17-12(16-9)22-6-11(19)15-7-1-3-8(4-2-7)23(14,20)21/h1-5H,6H2,(H,15,19)(H2,14,20,21)(H3,13,16,17,18). The van der Waals surface area contributed by atoms with Gasteiger partial charge in [-0.25, -0.2) is 18.5 Å². The highest BCUT2D eigenvalue weighted by Crippen LogP contribution is 2.15. The highest BCUT2D eigenvalue weighted by molar-refractivity contribution is 7.99. The number of nitrogens with two attached hydrogens (primary N) is 2. The number of hydrogen-bond donors (Lipinski definition) is 4. The molecule has 11 heteroatoms. The fraction of sp³-hybridized carbons (Fsp3) is 0.0833. The molecular formula is C12H13N5O4S2. The lowest BCUT2D eigenvalue weighted by Gasteiger charge is -2.06. The van der Waals surface area contributed by atoms with Crippen LogP contribution in [0.4, 0.5) is 11.5 Å². The van der Waals surface area contributed by atoms with Crippen LogP contribution in [0.1, 0.15) is 0 Å². The Morgan fingerprint density at radius 3 is 2.52 bits per heavy atom. The van der Waals surface area contributed by atoms with Gasteiger partial charge >= 0.3 is 0 Å². The van der Waals surface area contributed by atoms with Crippen LogP contribution in [-0.4, -0.2) is 30.0 Å². The van der Waals surface area contributed by atoms with Gasteiger partial charge in [0.1, 0.15) is 5.82 Å². The molecule has 0 spiro atoms. The second-order valence-electron chi connectivity index (χ2n) is 4.38. The smallest absolute Gasteiger partial charge is 0.253 e. The number of rotatable bonds is 5. The Bertz CT molecular complexity index is 877. The van der Waals surface area contributed by atoms with Crippen molar-refractivity contribution in [3.8, 4) is 0 Å². The second kappa shape index (κ2) is 6.81. The van der Waals surface area contributed by atoms with E-state index >= 15 is 0 Å². The first-order valence-corrected chi connectivity index (χ1v) is 8.69. The highest BCUT2D eigenvalue weighted by Gasteiger charge is 2.09. The van der Waals surface area contributed by atoms with Crippen LogP contribution < -0.4 is 21.7 Å². The van der Waals surface area contributed by atoms with E-state index in [1.165, 1.54) is 24.3 Å². The molecule has 9 nitrogen and oxygen atoms in total. The van der Waals surface area contributed by atoms with E-state index in [2.05, 4.69) is 15.3 Å². The molecule has 1 amide bonds. The number of amides is 1. The fourth-order valence-electron chi connectivity index (χ4n) is 1.58. The highest BCUT2D eigenvalue weighted by atomic mass is 32.2. The third kappa shape index (κ3) is 5.09. The summed E-state index contributed by atoms with van der Waals surface area (Å²) in [5, 5.41) is 7.78. The zero-order valence-corrected chi connectivity index (χ0v) is 13.3. The SMILES string of the molecule is Nc1cc(=O)[nH]c(SCC(=O)Nc2ccc(S(N)(=O)=O)cc2)n1. The lowest BCUT2D eigenvalue weighted by molar-refractivity contribution is -0.113. The van der Waals surface area contributed by atoms with E-state index in [0.717, 1.165) is 17.8 Å². The number of H-pyrrole nitrogens is 1. The molecule has 0 saturated heterocycles. The molecule has 6 N–H and O–H groups in total. The summed E-state index contributed by atoms with van der Waals surface area (Å²) in [5.41, 5.74) is 5.44. The summed E-state index contributed by atoms with van der Waals surface area (Å²) in [4.78, 5) is 29.3. The van der Waals surface area contributed by atoms with E-state index < -0.39 is 15.6 Å². The quantitative estimate of drug-likeness (QED) is 0.424. The Hall–Kier alpha value is -2.37. The number of carbonyl (C=O) groups excluding carboxylic acids is 1. The number of carbonyl (C=O) groups is 1. The number of thioether (sulfide) groups is 1. The van der Waals surface area contributed by atoms with Crippen molar-refractivity contribution in [2.45, 2.75) is 10.1 Å². The molecule has 0 aliphatic rings. The van der Waals surface area contributed by atoms with Crippen molar-refractivity contribution in [1.29, 1.82) is 0 Å². The number of anilines is 2. The number of hydrogen-bond acceptors (Lipinski definition) is 7. The molecule has 0 aliphatic carbocycles. The van der Waals surface area contributed by atoms with E-state index in [9.17, 15) is 18.0 Å². The number of aromatic amines is 1. The monoisotopic (exact) mass is 355 g/mol. The van der Waals surface area contributed by atoms with Gasteiger partial charge < -0.3 is 16.0 Å². The maximum Gasteiger partial charge on any atom is 0.253 e. The van der Waals surface area contributed by atoms with Crippen LogP contribution in [0.3, 0.4) is 0 Å². The Morgan fingerprint density at radius 1 is 1.30 bits per heavy atom. The lowest BCUT2D eigenvalue weighted by atomic mass is 10.3. The van der Waals surface area contributed by atoms with Crippen LogP contribution in [0, 0.1) is 0 Å². The van der Waals surface area contributed by atoms with E-state index in [4.69, 9.17) is 10.9 Å². The minimum absolute atomic E-state index is 0.0106. The predicted octanol–water partition coefficient (Wildman–Crippen LogP) is -0.270. The van der Waals surface area contributed by atoms with Crippen LogP contribution in [0.15, 0.2) is 45.2 Å². The molecule has 1 aromatic heterocycles. The predicted molar refractivity (Wildman–Crippen MR) is 86.4 cm³/mol. The van der Waals surface area contributed by atoms with E-state index in [-0.39, 0.29) is 27.5 Å². The molecule has 1 heterocycles. The molecule has 0 atom stereocenters. The van der Waals surface area contributed by atoms with Gasteiger partial charge in [-0.05, 0) is 24.3 Å². The van der Waals surface area contributed by atoms with Crippen LogP contribution in [0.25, 0.3) is 0 Å². The van der Waals surface area contributed by atoms with Gasteiger partial charge in [-0.15, -0.1) is 0 Å². The third-order valence-electron chi connectivity index (χ3n) is 2.55. The van der Waals surface area contributed by atoms with Crippen molar-refractivity contribution < 1.29 is 13.2 Å². The summed E-state index contributed by atoms with van der Waals surface area (Å²) in [6.07, 6.45) is 0. The first-order valence-electron chi connectivity index (χ1n) is 6.16. The molecule has 0 bridgehead atoms. The number of sulfonamides is 1. The zero-order chi connectivity index (χ0) is 17.0. The largest absolute Gasteiger partial charge is 0.383 e. The lowest BCUT2D eigenvalue weighted by Crippen LogP contribution is -2.16. The molecule has 0 unspecified atom stereocenters. The average Bonchev–Trinajstić information content (AvgIpc) is 2.44. The van der Waals surface area contributed by atoms with Crippen molar-refractivity contribution in [3.63, 3.8) is 0 Å². The molecule has 0 fully saturated rings. The van der Waals surface area contributed by atoms with E-state index in [1.807, 2.05) is 0 Å². The Morgan fingerprint density at radius 2 is 1.96 bits per heavy atom. The van der Waals surface area contributed by atoms with Crippen molar-refractivity contribution in [3.05, 3.63) is 40.7 Å². The van der Waals surface area contributed by atoms with Gasteiger partial charge in [0.05, 0.1) is 10.6 Å². The van der Waals surface area contributed by atoms with Crippen LogP contribution in [0.5, 0.6) is 0 Å². The van der Waals surface area contributed by atoms with Crippen LogP contribution in [0.2, 0.25) is 0 Å². The summed E-state index contributed by atoms with van der Waals surface area (Å²) in [7, 11) is -3.77. The molecule has 0 saturated carbocycles. The maximum atomic E-state index is 11.8. The topological polar surface area (TPSA) is 161 Å². The van der Waals surface area contributed by atoms with Gasteiger partial charge in [-0.3, -0.25) is 9.59 Å². The summed E-state index contributed by atoms with van der Waals surface area (Å²) >= 11 is 1.01. The maximum absolute atomic E-state index is 11.8. The van der Waals surface area contributed by atoms with Gasteiger partial charge in [-0.1, -0.05) is 11.8 Å². The van der Waals surface area contributed by atoms with Gasteiger partial charge in [0.25, 0.3) is 5.56 Å². The van der Waals surface area contributed by atoms with Crippen LogP contribution >= 0.6 is 11.8 Å². The van der Waals surface area contributed by atoms with Gasteiger partial charge in [-0.2, -0.15) is 0 Å². The summed E-state index contributed by atoms with van der Waals surface area (Å²) in [6.45, 7) is 0. The summed E-state index contributed by atoms with van der Waals surface area (Å²) < 4.78 is 22.2. The number of aromatic nitrogens is 2. The van der Waals surface area contributed by atoms with Crippen molar-refractivity contribution in [1.82, 2.24) is 9.97 Å². The minimum atomic E-state index is -3.77. The number of nitrogens with zero attached hydrogens (tertiary/aromatic N) is 1. The van der Waals surface area contributed by atoms with Gasteiger partial charge in [0, 0.05) is 11.8 Å². The first-order chi connectivity index (χ1) is 10.7. The number of nitrogens with one attached hydrogen (secondary N) is 2. The molecule has 2 rings (SSSR count). The minimum Gasteiger partial charge on any atom is -0.383 e. The fourth-order valence-corrected chi connectivity index (χ4v) is 2.78. The van der Waals surface area contributed by atoms with Crippen molar-refractivity contribution >= 4 is 39.2 Å². The molecule has 1 aromatic carbocycles. The molecule has 0 aliphatic heterocycles. The zero-order valence-electron chi connectivity index (χ0n) is 11.6. The Balaban J connectivity index is 1.96. The van der Waals surface area contributed by atoms with E-state index in [1.54, 1.807) is 0 Å². The Kier molecular flexibility index (Phi) is 5.03. The van der Waals surface area contributed by atoms with Gasteiger partial charge in [0.2, 0.25) is 15.9 Å². The molecule has 122 valence electrons. The molecule has 0 radical (unpaired) electrons. The van der Waals surface area contributed by atoms with Gasteiger partial charge in [0.15, 0.2) is 5.16 Å².